The van der Waals surface area contributed by atoms with E-state index in [1.165, 1.54) is 0 Å². The number of hydrogen-bond acceptors (Lipinski definition) is 4. The summed E-state index contributed by atoms with van der Waals surface area (Å²) in [5.74, 6) is 0. The van der Waals surface area contributed by atoms with Crippen LogP contribution in [0.2, 0.25) is 0 Å². The van der Waals surface area contributed by atoms with Crippen molar-refractivity contribution in [2.75, 3.05) is 0 Å². The summed E-state index contributed by atoms with van der Waals surface area (Å²) < 4.78 is 29.1. The van der Waals surface area contributed by atoms with E-state index in [0.29, 0.717) is 0 Å². The van der Waals surface area contributed by atoms with Crippen LogP contribution in [0.1, 0.15) is 0 Å². The van der Waals surface area contributed by atoms with Crippen LogP contribution in [-0.2, 0) is 10.1 Å². The Kier molecular flexibility index (Phi) is 1.75. The van der Waals surface area contributed by atoms with Gasteiger partial charge in [0, 0.05) is 6.20 Å². The Morgan fingerprint density at radius 1 is 1.55 bits per heavy atom. The average Bonchev–Trinajstić information content (AvgIpc) is 1.86. The maximum atomic E-state index is 10.4. The van der Waals surface area contributed by atoms with E-state index < -0.39 is 20.8 Å². The molecule has 0 aliphatic heterocycles. The Labute approximate surface area is 61.7 Å². The van der Waals surface area contributed by atoms with Crippen molar-refractivity contribution < 1.29 is 13.0 Å². The predicted octanol–water partition coefficient (Wildman–Crippen LogP) is -0.983. The van der Waals surface area contributed by atoms with Crippen molar-refractivity contribution in [1.82, 2.24) is 9.97 Å². The maximum absolute atomic E-state index is 10.4. The quantitative estimate of drug-likeness (QED) is 0.423. The lowest BCUT2D eigenvalue weighted by Gasteiger charge is -1.92. The molecule has 11 heavy (non-hydrogen) atoms. The summed E-state index contributed by atoms with van der Waals surface area (Å²) in [6.45, 7) is 0. The van der Waals surface area contributed by atoms with Crippen LogP contribution in [0.3, 0.4) is 0 Å². The number of hydrogen-bond donors (Lipinski definition) is 2. The minimum Gasteiger partial charge on any atom is -0.294 e. The lowest BCUT2D eigenvalue weighted by Crippen LogP contribution is -2.14. The van der Waals surface area contributed by atoms with E-state index in [1.807, 2.05) is 4.98 Å². The minimum absolute atomic E-state index is 0.558. The van der Waals surface area contributed by atoms with Crippen LogP contribution < -0.4 is 5.69 Å². The molecule has 1 heterocycles. The van der Waals surface area contributed by atoms with Crippen LogP contribution in [0.25, 0.3) is 0 Å². The zero-order valence-electron chi connectivity index (χ0n) is 5.18. The third kappa shape index (κ3) is 1.85. The molecule has 0 spiro atoms. The SMILES string of the molecule is O=c1nccc(S(=O)(=O)O)[nH]1. The molecule has 1 aromatic rings. The second-order valence-corrected chi connectivity index (χ2v) is 3.10. The molecule has 0 amide bonds. The Morgan fingerprint density at radius 3 is 2.55 bits per heavy atom. The summed E-state index contributed by atoms with van der Waals surface area (Å²) in [5.41, 5.74) is -0.819. The van der Waals surface area contributed by atoms with E-state index in [-0.39, 0.29) is 0 Å². The number of aromatic amines is 1. The van der Waals surface area contributed by atoms with Crippen molar-refractivity contribution in [2.45, 2.75) is 5.03 Å². The molecule has 0 aromatic carbocycles. The molecule has 0 radical (unpaired) electrons. The number of aromatic nitrogens is 2. The molecule has 0 unspecified atom stereocenters. The van der Waals surface area contributed by atoms with Gasteiger partial charge < -0.3 is 0 Å². The van der Waals surface area contributed by atoms with Crippen molar-refractivity contribution in [3.8, 4) is 0 Å². The molecule has 7 heteroatoms. The first-order valence-electron chi connectivity index (χ1n) is 2.53. The standard InChI is InChI=1S/C4H4N2O4S/c7-4-5-2-1-3(6-4)11(8,9)10/h1-2H,(H,5,6,7)(H,8,9,10). The van der Waals surface area contributed by atoms with Gasteiger partial charge in [0.15, 0.2) is 5.03 Å². The van der Waals surface area contributed by atoms with Crippen LogP contribution in [0.15, 0.2) is 22.1 Å². The van der Waals surface area contributed by atoms with Gasteiger partial charge in [0.1, 0.15) is 0 Å². The fourth-order valence-electron chi connectivity index (χ4n) is 0.502. The normalized spacial score (nSPS) is 11.4. The van der Waals surface area contributed by atoms with E-state index in [0.717, 1.165) is 12.3 Å². The van der Waals surface area contributed by atoms with Gasteiger partial charge >= 0.3 is 15.8 Å². The number of nitrogens with zero attached hydrogens (tertiary/aromatic N) is 1. The van der Waals surface area contributed by atoms with E-state index in [9.17, 15) is 13.2 Å². The Bertz CT molecular complexity index is 406. The van der Waals surface area contributed by atoms with Gasteiger partial charge in [0.05, 0.1) is 0 Å². The Morgan fingerprint density at radius 2 is 2.18 bits per heavy atom. The first kappa shape index (κ1) is 7.89. The zero-order valence-corrected chi connectivity index (χ0v) is 6.00. The second-order valence-electron chi connectivity index (χ2n) is 1.71. The topological polar surface area (TPSA) is 100 Å². The maximum Gasteiger partial charge on any atom is 0.345 e. The monoisotopic (exact) mass is 176 g/mol. The molecule has 0 bridgehead atoms. The molecule has 0 saturated heterocycles. The highest BCUT2D eigenvalue weighted by Crippen LogP contribution is 1.97. The molecule has 1 aromatic heterocycles. The highest BCUT2D eigenvalue weighted by molar-refractivity contribution is 7.85. The molecule has 0 saturated carbocycles. The lowest BCUT2D eigenvalue weighted by atomic mass is 10.7. The van der Waals surface area contributed by atoms with Gasteiger partial charge in [-0.3, -0.25) is 9.54 Å². The summed E-state index contributed by atoms with van der Waals surface area (Å²) in [6.07, 6.45) is 0.988. The summed E-state index contributed by atoms with van der Waals surface area (Å²) in [5, 5.41) is -0.558. The Hall–Kier alpha value is -1.21. The lowest BCUT2D eigenvalue weighted by molar-refractivity contribution is 0.478. The van der Waals surface area contributed by atoms with Crippen LogP contribution in [0, 0.1) is 0 Å². The molecule has 60 valence electrons. The first-order chi connectivity index (χ1) is 5.00. The smallest absolute Gasteiger partial charge is 0.294 e. The van der Waals surface area contributed by atoms with Gasteiger partial charge in [-0.1, -0.05) is 0 Å². The highest BCUT2D eigenvalue weighted by atomic mass is 32.2. The molecule has 0 atom stereocenters. The van der Waals surface area contributed by atoms with Crippen molar-refractivity contribution in [2.24, 2.45) is 0 Å². The molecular weight excluding hydrogens is 172 g/mol. The largest absolute Gasteiger partial charge is 0.345 e. The highest BCUT2D eigenvalue weighted by Gasteiger charge is 2.08. The number of nitrogens with one attached hydrogen (secondary N) is 1. The zero-order chi connectivity index (χ0) is 8.48. The summed E-state index contributed by atoms with van der Waals surface area (Å²) in [7, 11) is -4.32. The third-order valence-electron chi connectivity index (χ3n) is 0.926. The minimum atomic E-state index is -4.32. The molecule has 2 N–H and O–H groups in total. The summed E-state index contributed by atoms with van der Waals surface area (Å²) in [6, 6.07) is 0.983. The van der Waals surface area contributed by atoms with Gasteiger partial charge in [-0.15, -0.1) is 0 Å². The predicted molar refractivity (Wildman–Crippen MR) is 34.7 cm³/mol. The number of rotatable bonds is 1. The van der Waals surface area contributed by atoms with E-state index in [2.05, 4.69) is 4.98 Å². The van der Waals surface area contributed by atoms with Gasteiger partial charge in [-0.05, 0) is 6.07 Å². The average molecular weight is 176 g/mol. The summed E-state index contributed by atoms with van der Waals surface area (Å²) in [4.78, 5) is 15.4. The van der Waals surface area contributed by atoms with Crippen molar-refractivity contribution in [1.29, 1.82) is 0 Å². The van der Waals surface area contributed by atoms with Gasteiger partial charge in [-0.25, -0.2) is 9.78 Å². The van der Waals surface area contributed by atoms with E-state index in [1.54, 1.807) is 0 Å². The fraction of sp³-hybridized carbons (Fsp3) is 0. The molecule has 0 fully saturated rings. The van der Waals surface area contributed by atoms with E-state index in [4.69, 9.17) is 4.55 Å². The molecular formula is C4H4N2O4S. The number of H-pyrrole nitrogens is 1. The fourth-order valence-corrected chi connectivity index (χ4v) is 0.952. The van der Waals surface area contributed by atoms with Crippen LogP contribution in [0.4, 0.5) is 0 Å². The Balaban J connectivity index is 3.40. The molecule has 0 aliphatic rings. The van der Waals surface area contributed by atoms with Crippen LogP contribution in [0.5, 0.6) is 0 Å². The van der Waals surface area contributed by atoms with Gasteiger partial charge in [0.25, 0.3) is 0 Å². The second kappa shape index (κ2) is 2.44. The van der Waals surface area contributed by atoms with Gasteiger partial charge in [0.2, 0.25) is 0 Å². The van der Waals surface area contributed by atoms with Gasteiger partial charge in [-0.2, -0.15) is 8.42 Å². The van der Waals surface area contributed by atoms with Crippen molar-refractivity contribution in [3.05, 3.63) is 22.7 Å². The van der Waals surface area contributed by atoms with Crippen molar-refractivity contribution in [3.63, 3.8) is 0 Å². The molecule has 0 aliphatic carbocycles. The van der Waals surface area contributed by atoms with Crippen LogP contribution >= 0.6 is 0 Å². The molecule has 1 rings (SSSR count). The summed E-state index contributed by atoms with van der Waals surface area (Å²) >= 11 is 0. The van der Waals surface area contributed by atoms with Crippen molar-refractivity contribution >= 4 is 10.1 Å². The van der Waals surface area contributed by atoms with E-state index >= 15 is 0 Å². The van der Waals surface area contributed by atoms with Crippen LogP contribution in [-0.4, -0.2) is 22.9 Å². The molecule has 6 nitrogen and oxygen atoms in total. The third-order valence-corrected chi connectivity index (χ3v) is 1.72. The first-order valence-corrected chi connectivity index (χ1v) is 3.97.